The first-order valence-corrected chi connectivity index (χ1v) is 8.02. The summed E-state index contributed by atoms with van der Waals surface area (Å²) in [5, 5.41) is 5.70. The van der Waals surface area contributed by atoms with E-state index in [1.165, 1.54) is 5.22 Å². The number of nitrogens with one attached hydrogen (secondary N) is 1. The van der Waals surface area contributed by atoms with E-state index in [0.29, 0.717) is 0 Å². The molecule has 0 saturated carbocycles. The molecule has 0 aromatic heterocycles. The van der Waals surface area contributed by atoms with E-state index in [2.05, 4.69) is 33.5 Å². The SMILES string of the molecule is CC.CC=N/C=C\C(=C/C)N/C(C=NC)=c1\cccc\c1=C\C. The van der Waals surface area contributed by atoms with Crippen LogP contribution in [-0.4, -0.2) is 19.5 Å². The van der Waals surface area contributed by atoms with E-state index in [-0.39, 0.29) is 0 Å². The van der Waals surface area contributed by atoms with Gasteiger partial charge in [-0.25, -0.2) is 0 Å². The van der Waals surface area contributed by atoms with Gasteiger partial charge >= 0.3 is 0 Å². The molecule has 0 bridgehead atoms. The lowest BCUT2D eigenvalue weighted by atomic mass is 10.2. The van der Waals surface area contributed by atoms with E-state index >= 15 is 0 Å². The highest BCUT2D eigenvalue weighted by molar-refractivity contribution is 6.01. The first-order valence-electron chi connectivity index (χ1n) is 8.02. The summed E-state index contributed by atoms with van der Waals surface area (Å²) < 4.78 is 0. The fourth-order valence-corrected chi connectivity index (χ4v) is 1.87. The molecule has 0 fully saturated rings. The van der Waals surface area contributed by atoms with Crippen molar-refractivity contribution in [3.63, 3.8) is 0 Å². The molecule has 0 aliphatic rings. The summed E-state index contributed by atoms with van der Waals surface area (Å²) in [4.78, 5) is 8.24. The predicted molar refractivity (Wildman–Crippen MR) is 105 cm³/mol. The zero-order valence-corrected chi connectivity index (χ0v) is 15.2. The highest BCUT2D eigenvalue weighted by Gasteiger charge is 1.98. The second-order valence-corrected chi connectivity index (χ2v) is 4.27. The van der Waals surface area contributed by atoms with Crippen molar-refractivity contribution in [1.29, 1.82) is 0 Å². The lowest BCUT2D eigenvalue weighted by Gasteiger charge is -2.08. The van der Waals surface area contributed by atoms with Crippen LogP contribution in [0.4, 0.5) is 0 Å². The highest BCUT2D eigenvalue weighted by Crippen LogP contribution is 1.96. The second kappa shape index (κ2) is 13.3. The zero-order chi connectivity index (χ0) is 17.5. The first-order chi connectivity index (χ1) is 11.3. The van der Waals surface area contributed by atoms with Crippen molar-refractivity contribution in [3.8, 4) is 0 Å². The Morgan fingerprint density at radius 1 is 1.09 bits per heavy atom. The topological polar surface area (TPSA) is 36.8 Å². The Hall–Kier alpha value is -2.42. The fourth-order valence-electron chi connectivity index (χ4n) is 1.87. The second-order valence-electron chi connectivity index (χ2n) is 4.27. The smallest absolute Gasteiger partial charge is 0.0645 e. The van der Waals surface area contributed by atoms with Gasteiger partial charge in [0.25, 0.3) is 0 Å². The molecule has 0 unspecified atom stereocenters. The van der Waals surface area contributed by atoms with Crippen LogP contribution in [0.5, 0.6) is 0 Å². The lowest BCUT2D eigenvalue weighted by molar-refractivity contribution is 1.13. The molecule has 0 saturated heterocycles. The standard InChI is InChI=1S/C18H23N3.C2H6/c1-5-15-10-8-9-11-17(15)18(14-19-4)21-16(6-2)12-13-20-7-3;1-2/h5-14,21H,1-4H3;1-2H3/b13-12-,15-5-,16-6+,18-17+,19-14?,20-7?;. The van der Waals surface area contributed by atoms with Crippen molar-refractivity contribution in [2.45, 2.75) is 34.6 Å². The van der Waals surface area contributed by atoms with Crippen molar-refractivity contribution in [1.82, 2.24) is 5.32 Å². The first kappa shape index (κ1) is 20.6. The Balaban J connectivity index is 0.00000232. The summed E-state index contributed by atoms with van der Waals surface area (Å²) in [5.74, 6) is 0. The normalized spacial score (nSPS) is 14.3. The van der Waals surface area contributed by atoms with Gasteiger partial charge in [0.05, 0.1) is 5.70 Å². The molecule has 0 aliphatic carbocycles. The molecule has 0 spiro atoms. The van der Waals surface area contributed by atoms with E-state index in [9.17, 15) is 0 Å². The van der Waals surface area contributed by atoms with Crippen molar-refractivity contribution < 1.29 is 0 Å². The number of hydrogen-bond acceptors (Lipinski definition) is 3. The number of benzene rings is 1. The van der Waals surface area contributed by atoms with Gasteiger partial charge in [0.15, 0.2) is 0 Å². The molecule has 124 valence electrons. The molecule has 3 heteroatoms. The average molecular weight is 311 g/mol. The summed E-state index contributed by atoms with van der Waals surface area (Å²) in [6.45, 7) is 9.91. The maximum absolute atomic E-state index is 4.15. The predicted octanol–water partition coefficient (Wildman–Crippen LogP) is 3.42. The van der Waals surface area contributed by atoms with E-state index in [0.717, 1.165) is 16.6 Å². The Morgan fingerprint density at radius 2 is 1.78 bits per heavy atom. The number of rotatable bonds is 5. The van der Waals surface area contributed by atoms with Crippen LogP contribution in [0.25, 0.3) is 11.8 Å². The Bertz CT molecular complexity index is 677. The van der Waals surface area contributed by atoms with Gasteiger partial charge in [-0.2, -0.15) is 0 Å². The van der Waals surface area contributed by atoms with Gasteiger partial charge in [-0.3, -0.25) is 9.98 Å². The van der Waals surface area contributed by atoms with Crippen LogP contribution in [0.15, 0.2) is 58.3 Å². The summed E-state index contributed by atoms with van der Waals surface area (Å²) in [7, 11) is 1.77. The van der Waals surface area contributed by atoms with Gasteiger partial charge in [0.2, 0.25) is 0 Å². The minimum Gasteiger partial charge on any atom is -0.354 e. The van der Waals surface area contributed by atoms with Gasteiger partial charge in [-0.1, -0.05) is 50.3 Å². The quantitative estimate of drug-likeness (QED) is 0.656. The maximum Gasteiger partial charge on any atom is 0.0645 e. The lowest BCUT2D eigenvalue weighted by Crippen LogP contribution is -2.31. The minimum atomic E-state index is 0.962. The van der Waals surface area contributed by atoms with Crippen LogP contribution in [0, 0.1) is 0 Å². The summed E-state index contributed by atoms with van der Waals surface area (Å²) in [6.07, 6.45) is 11.4. The van der Waals surface area contributed by atoms with Crippen molar-refractivity contribution in [2.75, 3.05) is 7.05 Å². The molecular formula is C20H29N3. The summed E-state index contributed by atoms with van der Waals surface area (Å²) in [6, 6.07) is 8.24. The molecule has 1 aromatic carbocycles. The minimum absolute atomic E-state index is 0.962. The monoisotopic (exact) mass is 311 g/mol. The summed E-state index contributed by atoms with van der Waals surface area (Å²) in [5.41, 5.74) is 1.94. The van der Waals surface area contributed by atoms with E-state index in [1.807, 2.05) is 65.1 Å². The fraction of sp³-hybridized carbons (Fsp3) is 0.300. The van der Waals surface area contributed by atoms with E-state index in [1.54, 1.807) is 19.5 Å². The van der Waals surface area contributed by atoms with Gasteiger partial charge in [-0.05, 0) is 32.1 Å². The summed E-state index contributed by atoms with van der Waals surface area (Å²) >= 11 is 0. The molecule has 3 nitrogen and oxygen atoms in total. The molecule has 0 amide bonds. The molecule has 0 atom stereocenters. The van der Waals surface area contributed by atoms with Crippen LogP contribution in [0.1, 0.15) is 34.6 Å². The highest BCUT2D eigenvalue weighted by atomic mass is 14.9. The van der Waals surface area contributed by atoms with Gasteiger partial charge in [-0.15, -0.1) is 0 Å². The number of allylic oxidation sites excluding steroid dienone is 2. The Labute approximate surface area is 140 Å². The van der Waals surface area contributed by atoms with Gasteiger partial charge in [0, 0.05) is 36.6 Å². The van der Waals surface area contributed by atoms with E-state index < -0.39 is 0 Å². The Kier molecular flexibility index (Phi) is 11.9. The number of aliphatic imine (C=N–C) groups is 2. The largest absolute Gasteiger partial charge is 0.354 e. The average Bonchev–Trinajstić information content (AvgIpc) is 2.62. The molecule has 23 heavy (non-hydrogen) atoms. The number of hydrogen-bond donors (Lipinski definition) is 1. The van der Waals surface area contributed by atoms with Crippen molar-refractivity contribution in [2.24, 2.45) is 9.98 Å². The van der Waals surface area contributed by atoms with Crippen molar-refractivity contribution in [3.05, 3.63) is 58.8 Å². The van der Waals surface area contributed by atoms with Crippen LogP contribution in [-0.2, 0) is 0 Å². The van der Waals surface area contributed by atoms with Crippen LogP contribution in [0.3, 0.4) is 0 Å². The third-order valence-electron chi connectivity index (χ3n) is 2.90. The molecule has 1 rings (SSSR count). The molecule has 1 aromatic rings. The molecular weight excluding hydrogens is 282 g/mol. The van der Waals surface area contributed by atoms with Gasteiger partial charge in [0.1, 0.15) is 0 Å². The molecule has 0 aliphatic heterocycles. The van der Waals surface area contributed by atoms with Crippen LogP contribution < -0.4 is 15.8 Å². The number of nitrogens with zero attached hydrogens (tertiary/aromatic N) is 2. The van der Waals surface area contributed by atoms with Crippen LogP contribution in [0.2, 0.25) is 0 Å². The van der Waals surface area contributed by atoms with E-state index in [4.69, 9.17) is 0 Å². The van der Waals surface area contributed by atoms with Gasteiger partial charge < -0.3 is 5.32 Å². The molecule has 0 radical (unpaired) electrons. The third kappa shape index (κ3) is 7.41. The zero-order valence-electron chi connectivity index (χ0n) is 15.2. The maximum atomic E-state index is 4.15. The van der Waals surface area contributed by atoms with Crippen LogP contribution >= 0.6 is 0 Å². The molecule has 1 N–H and O–H groups in total. The Morgan fingerprint density at radius 3 is 2.35 bits per heavy atom. The third-order valence-corrected chi connectivity index (χ3v) is 2.90. The molecule has 0 heterocycles. The van der Waals surface area contributed by atoms with Crippen molar-refractivity contribution >= 4 is 24.2 Å².